The zero-order valence-corrected chi connectivity index (χ0v) is 14.6. The number of carboxylic acid groups (broad SMARTS) is 1. The van der Waals surface area contributed by atoms with Gasteiger partial charge in [0.1, 0.15) is 0 Å². The Kier molecular flexibility index (Phi) is 5.96. The van der Waals surface area contributed by atoms with E-state index < -0.39 is 5.97 Å². The number of likely N-dealkylation sites (tertiary alicyclic amines) is 1. The van der Waals surface area contributed by atoms with Gasteiger partial charge in [0.2, 0.25) is 5.91 Å². The van der Waals surface area contributed by atoms with E-state index in [0.29, 0.717) is 19.6 Å². The first-order valence-corrected chi connectivity index (χ1v) is 8.14. The Morgan fingerprint density at radius 1 is 1.29 bits per heavy atom. The summed E-state index contributed by atoms with van der Waals surface area (Å²) in [5.41, 5.74) is 1.03. The van der Waals surface area contributed by atoms with Gasteiger partial charge in [0.15, 0.2) is 0 Å². The Labute approximate surface area is 143 Å². The van der Waals surface area contributed by atoms with Crippen molar-refractivity contribution in [2.75, 3.05) is 34.4 Å². The van der Waals surface area contributed by atoms with Crippen LogP contribution < -0.4 is 0 Å². The zero-order valence-electron chi connectivity index (χ0n) is 14.6. The molecule has 1 heterocycles. The average Bonchev–Trinajstić information content (AvgIpc) is 2.90. The van der Waals surface area contributed by atoms with Crippen LogP contribution in [0.2, 0.25) is 0 Å². The molecule has 1 saturated heterocycles. The molecule has 1 amide bonds. The summed E-state index contributed by atoms with van der Waals surface area (Å²) in [4.78, 5) is 27.2. The molecule has 0 radical (unpaired) electrons. The van der Waals surface area contributed by atoms with Crippen LogP contribution in [0.15, 0.2) is 24.3 Å². The van der Waals surface area contributed by atoms with E-state index >= 15 is 0 Å². The second kappa shape index (κ2) is 7.77. The lowest BCUT2D eigenvalue weighted by atomic mass is 9.91. The highest BCUT2D eigenvalue weighted by molar-refractivity contribution is 5.87. The molecule has 1 fully saturated rings. The molecule has 1 aromatic carbocycles. The number of hydrogen-bond donors (Lipinski definition) is 1. The summed E-state index contributed by atoms with van der Waals surface area (Å²) in [6.45, 7) is 2.11. The summed E-state index contributed by atoms with van der Waals surface area (Å²) >= 11 is 0. The molecule has 0 spiro atoms. The van der Waals surface area contributed by atoms with Gasteiger partial charge in [-0.2, -0.15) is 0 Å². The van der Waals surface area contributed by atoms with E-state index in [1.807, 2.05) is 12.1 Å². The standard InChI is InChI=1S/C18H26N2O4/c1-19(2)16(21)11-18(13-24-3)9-4-10-20(18)12-14-5-7-15(8-6-14)17(22)23/h5-8H,4,9-13H2,1-3H3,(H,22,23)/t18-/m1/s1. The Morgan fingerprint density at radius 2 is 1.96 bits per heavy atom. The van der Waals surface area contributed by atoms with Crippen LogP contribution in [0.25, 0.3) is 0 Å². The summed E-state index contributed by atoms with van der Waals surface area (Å²) in [6, 6.07) is 6.92. The minimum Gasteiger partial charge on any atom is -0.478 e. The molecule has 0 aromatic heterocycles. The van der Waals surface area contributed by atoms with Crippen molar-refractivity contribution >= 4 is 11.9 Å². The first kappa shape index (κ1) is 18.4. The maximum atomic E-state index is 12.3. The molecule has 1 atom stereocenters. The molecule has 24 heavy (non-hydrogen) atoms. The van der Waals surface area contributed by atoms with Gasteiger partial charge in [-0.3, -0.25) is 9.69 Å². The molecule has 1 aromatic rings. The lowest BCUT2D eigenvalue weighted by molar-refractivity contribution is -0.132. The summed E-state index contributed by atoms with van der Waals surface area (Å²) in [5.74, 6) is -0.826. The van der Waals surface area contributed by atoms with Crippen LogP contribution in [-0.4, -0.2) is 66.7 Å². The molecule has 1 aliphatic heterocycles. The maximum absolute atomic E-state index is 12.3. The number of aromatic carboxylic acids is 1. The fourth-order valence-corrected chi connectivity index (χ4v) is 3.34. The first-order chi connectivity index (χ1) is 11.4. The van der Waals surface area contributed by atoms with Crippen molar-refractivity contribution < 1.29 is 19.4 Å². The molecule has 132 valence electrons. The van der Waals surface area contributed by atoms with Crippen LogP contribution in [0.5, 0.6) is 0 Å². The van der Waals surface area contributed by atoms with Gasteiger partial charge in [0.25, 0.3) is 0 Å². The minimum atomic E-state index is -0.923. The molecule has 6 nitrogen and oxygen atoms in total. The number of hydrogen-bond acceptors (Lipinski definition) is 4. The predicted octanol–water partition coefficient (Wildman–Crippen LogP) is 1.84. The van der Waals surface area contributed by atoms with E-state index in [9.17, 15) is 9.59 Å². The zero-order chi connectivity index (χ0) is 17.7. The topological polar surface area (TPSA) is 70.1 Å². The third-order valence-electron chi connectivity index (χ3n) is 4.71. The normalized spacial score (nSPS) is 21.0. The molecule has 0 unspecified atom stereocenters. The van der Waals surface area contributed by atoms with Crippen LogP contribution in [-0.2, 0) is 16.1 Å². The summed E-state index contributed by atoms with van der Waals surface area (Å²) < 4.78 is 5.44. The minimum absolute atomic E-state index is 0.0974. The molecule has 0 saturated carbocycles. The van der Waals surface area contributed by atoms with Gasteiger partial charge in [0.05, 0.1) is 17.7 Å². The SMILES string of the molecule is COC[C@]1(CC(=O)N(C)C)CCCN1Cc1ccc(C(=O)O)cc1. The van der Waals surface area contributed by atoms with Crippen LogP contribution in [0, 0.1) is 0 Å². The largest absolute Gasteiger partial charge is 0.478 e. The van der Waals surface area contributed by atoms with E-state index in [-0.39, 0.29) is 17.0 Å². The number of carbonyl (C=O) groups is 2. The Morgan fingerprint density at radius 3 is 2.50 bits per heavy atom. The number of amides is 1. The van der Waals surface area contributed by atoms with Crippen LogP contribution >= 0.6 is 0 Å². The smallest absolute Gasteiger partial charge is 0.335 e. The van der Waals surface area contributed by atoms with Crippen LogP contribution in [0.1, 0.15) is 35.2 Å². The Balaban J connectivity index is 2.16. The molecular weight excluding hydrogens is 308 g/mol. The first-order valence-electron chi connectivity index (χ1n) is 8.14. The van der Waals surface area contributed by atoms with Crippen molar-refractivity contribution in [1.82, 2.24) is 9.80 Å². The predicted molar refractivity (Wildman–Crippen MR) is 91.0 cm³/mol. The second-order valence-electron chi connectivity index (χ2n) is 6.65. The summed E-state index contributed by atoms with van der Waals surface area (Å²) in [6.07, 6.45) is 2.38. The van der Waals surface area contributed by atoms with Crippen molar-refractivity contribution in [2.24, 2.45) is 0 Å². The van der Waals surface area contributed by atoms with Gasteiger partial charge in [0, 0.05) is 34.2 Å². The average molecular weight is 334 g/mol. The van der Waals surface area contributed by atoms with Crippen molar-refractivity contribution in [1.29, 1.82) is 0 Å². The second-order valence-corrected chi connectivity index (χ2v) is 6.65. The molecule has 0 bridgehead atoms. The van der Waals surface area contributed by atoms with E-state index in [2.05, 4.69) is 4.90 Å². The quantitative estimate of drug-likeness (QED) is 0.824. The molecule has 1 aliphatic rings. The number of methoxy groups -OCH3 is 1. The monoisotopic (exact) mass is 334 g/mol. The fraction of sp³-hybridized carbons (Fsp3) is 0.556. The van der Waals surface area contributed by atoms with Crippen LogP contribution in [0.3, 0.4) is 0 Å². The van der Waals surface area contributed by atoms with E-state index in [1.54, 1.807) is 38.2 Å². The number of nitrogens with zero attached hydrogens (tertiary/aromatic N) is 2. The maximum Gasteiger partial charge on any atom is 0.335 e. The van der Waals surface area contributed by atoms with Gasteiger partial charge >= 0.3 is 5.97 Å². The highest BCUT2D eigenvalue weighted by Gasteiger charge is 2.42. The third-order valence-corrected chi connectivity index (χ3v) is 4.71. The van der Waals surface area contributed by atoms with Gasteiger partial charge in [-0.25, -0.2) is 4.79 Å². The number of rotatable bonds is 7. The highest BCUT2D eigenvalue weighted by Crippen LogP contribution is 2.34. The fourth-order valence-electron chi connectivity index (χ4n) is 3.34. The summed E-state index contributed by atoms with van der Waals surface area (Å²) in [7, 11) is 5.21. The van der Waals surface area contributed by atoms with E-state index in [1.165, 1.54) is 0 Å². The van der Waals surface area contributed by atoms with Gasteiger partial charge in [-0.15, -0.1) is 0 Å². The molecular formula is C18H26N2O4. The molecule has 6 heteroatoms. The Hall–Kier alpha value is -1.92. The van der Waals surface area contributed by atoms with Gasteiger partial charge in [-0.1, -0.05) is 12.1 Å². The number of ether oxygens (including phenoxy) is 1. The van der Waals surface area contributed by atoms with E-state index in [0.717, 1.165) is 24.9 Å². The molecule has 1 N–H and O–H groups in total. The third kappa shape index (κ3) is 4.13. The summed E-state index contributed by atoms with van der Waals surface area (Å²) in [5, 5.41) is 9.00. The highest BCUT2D eigenvalue weighted by atomic mass is 16.5. The number of carboxylic acids is 1. The lowest BCUT2D eigenvalue weighted by Crippen LogP contribution is -2.50. The van der Waals surface area contributed by atoms with Crippen molar-refractivity contribution in [3.63, 3.8) is 0 Å². The van der Waals surface area contributed by atoms with Crippen LogP contribution in [0.4, 0.5) is 0 Å². The molecule has 0 aliphatic carbocycles. The Bertz CT molecular complexity index is 585. The van der Waals surface area contributed by atoms with Gasteiger partial charge in [-0.05, 0) is 37.1 Å². The lowest BCUT2D eigenvalue weighted by Gasteiger charge is -2.38. The van der Waals surface area contributed by atoms with Crippen molar-refractivity contribution in [3.05, 3.63) is 35.4 Å². The van der Waals surface area contributed by atoms with E-state index in [4.69, 9.17) is 9.84 Å². The van der Waals surface area contributed by atoms with Crippen molar-refractivity contribution in [2.45, 2.75) is 31.3 Å². The number of carbonyl (C=O) groups excluding carboxylic acids is 1. The number of benzene rings is 1. The molecule has 2 rings (SSSR count). The van der Waals surface area contributed by atoms with Crippen molar-refractivity contribution in [3.8, 4) is 0 Å². The van der Waals surface area contributed by atoms with Gasteiger partial charge < -0.3 is 14.7 Å².